The van der Waals surface area contributed by atoms with Crippen LogP contribution in [0.5, 0.6) is 5.75 Å². The van der Waals surface area contributed by atoms with E-state index in [0.29, 0.717) is 0 Å². The van der Waals surface area contributed by atoms with E-state index in [1.807, 2.05) is 0 Å². The summed E-state index contributed by atoms with van der Waals surface area (Å²) in [6, 6.07) is 5.91. The summed E-state index contributed by atoms with van der Waals surface area (Å²) in [5.41, 5.74) is 0.0522. The Morgan fingerprint density at radius 1 is 1.31 bits per heavy atom. The molecule has 1 aromatic rings. The van der Waals surface area contributed by atoms with Crippen LogP contribution in [0.15, 0.2) is 24.3 Å². The largest absolute Gasteiger partial charge is 0.527 e. The highest BCUT2D eigenvalue weighted by molar-refractivity contribution is 7.47. The number of carbonyl (C=O) groups is 1. The van der Waals surface area contributed by atoms with E-state index < -0.39 is 13.8 Å². The van der Waals surface area contributed by atoms with Gasteiger partial charge in [0.25, 0.3) is 0 Å². The Bertz CT molecular complexity index is 430. The molecule has 1 atom stereocenters. The molecular weight excluding hydrogens is 235 g/mol. The Kier molecular flexibility index (Phi) is 4.06. The molecule has 0 spiro atoms. The summed E-state index contributed by atoms with van der Waals surface area (Å²) in [5, 5.41) is 0. The minimum Gasteiger partial charge on any atom is -0.465 e. The molecule has 1 rings (SSSR count). The van der Waals surface area contributed by atoms with Crippen molar-refractivity contribution in [3.63, 3.8) is 0 Å². The third kappa shape index (κ3) is 3.06. The number of hydrogen-bond acceptors (Lipinski definition) is 5. The highest BCUT2D eigenvalue weighted by atomic mass is 31.2. The summed E-state index contributed by atoms with van der Waals surface area (Å²) in [6.07, 6.45) is 0. The highest BCUT2D eigenvalue weighted by Gasteiger charge is 2.24. The van der Waals surface area contributed by atoms with Crippen molar-refractivity contribution in [3.8, 4) is 5.75 Å². The first-order chi connectivity index (χ1) is 7.50. The molecule has 0 fully saturated rings. The first kappa shape index (κ1) is 12.7. The average Bonchev–Trinajstić information content (AvgIpc) is 2.28. The first-order valence-electron chi connectivity index (χ1n) is 4.25. The van der Waals surface area contributed by atoms with Gasteiger partial charge in [-0.1, -0.05) is 12.1 Å². The summed E-state index contributed by atoms with van der Waals surface area (Å²) in [5.74, 6) is -0.728. The zero-order chi connectivity index (χ0) is 12.2. The Morgan fingerprint density at radius 2 is 1.94 bits per heavy atom. The Balaban J connectivity index is 3.05. The summed E-state index contributed by atoms with van der Waals surface area (Å²) in [4.78, 5) is 20.4. The maximum absolute atomic E-state index is 11.3. The molecule has 0 heterocycles. The topological polar surface area (TPSA) is 82.1 Å². The van der Waals surface area contributed by atoms with Gasteiger partial charge in [-0.25, -0.2) is 9.36 Å². The van der Waals surface area contributed by atoms with Crippen molar-refractivity contribution in [1.82, 2.24) is 0 Å². The summed E-state index contributed by atoms with van der Waals surface area (Å²) < 4.78 is 24.6. The number of ether oxygens (including phenoxy) is 1. The number of para-hydroxylation sites is 1. The van der Waals surface area contributed by atoms with E-state index in [1.165, 1.54) is 19.2 Å². The number of phosphoric ester groups is 1. The summed E-state index contributed by atoms with van der Waals surface area (Å²) in [6.45, 7) is 0. The number of phosphoric acid groups is 1. The molecule has 0 amide bonds. The van der Waals surface area contributed by atoms with Gasteiger partial charge in [0, 0.05) is 7.11 Å². The fourth-order valence-electron chi connectivity index (χ4n) is 0.986. The predicted molar refractivity (Wildman–Crippen MR) is 55.2 cm³/mol. The van der Waals surface area contributed by atoms with Crippen LogP contribution < -0.4 is 4.52 Å². The summed E-state index contributed by atoms with van der Waals surface area (Å²) in [7, 11) is -1.95. The minimum atomic E-state index is -4.18. The highest BCUT2D eigenvalue weighted by Crippen LogP contribution is 2.43. The van der Waals surface area contributed by atoms with Gasteiger partial charge in [0.1, 0.15) is 11.3 Å². The SMILES string of the molecule is COC(=O)c1ccccc1OP(=O)(O)OC. The molecule has 7 heteroatoms. The molecule has 16 heavy (non-hydrogen) atoms. The summed E-state index contributed by atoms with van der Waals surface area (Å²) >= 11 is 0. The molecule has 1 unspecified atom stereocenters. The van der Waals surface area contributed by atoms with Crippen LogP contribution in [0.2, 0.25) is 0 Å². The van der Waals surface area contributed by atoms with E-state index in [4.69, 9.17) is 9.42 Å². The van der Waals surface area contributed by atoms with Crippen LogP contribution in [0, 0.1) is 0 Å². The lowest BCUT2D eigenvalue weighted by atomic mass is 10.2. The van der Waals surface area contributed by atoms with Gasteiger partial charge in [-0.2, -0.15) is 0 Å². The molecule has 0 aliphatic carbocycles. The molecule has 0 aromatic heterocycles. The van der Waals surface area contributed by atoms with E-state index in [9.17, 15) is 9.36 Å². The minimum absolute atomic E-state index is 0.0522. The molecule has 0 aliphatic rings. The number of esters is 1. The molecule has 0 radical (unpaired) electrons. The van der Waals surface area contributed by atoms with Crippen molar-refractivity contribution in [2.75, 3.05) is 14.2 Å². The molecule has 88 valence electrons. The molecular formula is C9H11O6P. The number of benzene rings is 1. The Labute approximate surface area is 92.4 Å². The maximum atomic E-state index is 11.3. The molecule has 0 saturated carbocycles. The quantitative estimate of drug-likeness (QED) is 0.641. The van der Waals surface area contributed by atoms with Gasteiger partial charge in [0.2, 0.25) is 0 Å². The molecule has 0 aliphatic heterocycles. The van der Waals surface area contributed by atoms with Gasteiger partial charge in [0.15, 0.2) is 0 Å². The molecule has 6 nitrogen and oxygen atoms in total. The van der Waals surface area contributed by atoms with Crippen molar-refractivity contribution in [3.05, 3.63) is 29.8 Å². The van der Waals surface area contributed by atoms with Crippen LogP contribution >= 0.6 is 7.82 Å². The van der Waals surface area contributed by atoms with E-state index in [0.717, 1.165) is 7.11 Å². The molecule has 0 bridgehead atoms. The lowest BCUT2D eigenvalue weighted by molar-refractivity contribution is 0.0598. The molecule has 1 N–H and O–H groups in total. The van der Waals surface area contributed by atoms with Crippen LogP contribution in [-0.2, 0) is 13.8 Å². The van der Waals surface area contributed by atoms with Gasteiger partial charge < -0.3 is 9.26 Å². The number of rotatable bonds is 4. The second-order valence-corrected chi connectivity index (χ2v) is 4.21. The van der Waals surface area contributed by atoms with Crippen molar-refractivity contribution >= 4 is 13.8 Å². The standard InChI is InChI=1S/C9H11O6P/c1-13-9(10)7-5-3-4-6-8(7)15-16(11,12)14-2/h3-6H,1-2H3,(H,11,12). The van der Waals surface area contributed by atoms with Crippen molar-refractivity contribution in [1.29, 1.82) is 0 Å². The number of methoxy groups -OCH3 is 1. The third-order valence-electron chi connectivity index (χ3n) is 1.74. The number of carbonyl (C=O) groups excluding carboxylic acids is 1. The normalized spacial score (nSPS) is 13.9. The van der Waals surface area contributed by atoms with Crippen molar-refractivity contribution in [2.45, 2.75) is 0 Å². The molecule has 1 aromatic carbocycles. The van der Waals surface area contributed by atoms with Gasteiger partial charge in [-0.15, -0.1) is 0 Å². The van der Waals surface area contributed by atoms with Crippen molar-refractivity contribution in [2.24, 2.45) is 0 Å². The lowest BCUT2D eigenvalue weighted by Crippen LogP contribution is -2.05. The fourth-order valence-corrected chi connectivity index (χ4v) is 1.47. The molecule has 0 saturated heterocycles. The zero-order valence-corrected chi connectivity index (χ0v) is 9.64. The zero-order valence-electron chi connectivity index (χ0n) is 8.75. The van der Waals surface area contributed by atoms with Crippen LogP contribution in [0.4, 0.5) is 0 Å². The van der Waals surface area contributed by atoms with Crippen LogP contribution in [0.25, 0.3) is 0 Å². The van der Waals surface area contributed by atoms with E-state index in [2.05, 4.69) is 9.26 Å². The first-order valence-corrected chi connectivity index (χ1v) is 5.75. The van der Waals surface area contributed by atoms with E-state index in [1.54, 1.807) is 12.1 Å². The second kappa shape index (κ2) is 5.12. The van der Waals surface area contributed by atoms with Gasteiger partial charge >= 0.3 is 13.8 Å². The van der Waals surface area contributed by atoms with Crippen LogP contribution in [0.1, 0.15) is 10.4 Å². The van der Waals surface area contributed by atoms with Gasteiger partial charge in [0.05, 0.1) is 7.11 Å². The van der Waals surface area contributed by atoms with Crippen LogP contribution in [0.3, 0.4) is 0 Å². The van der Waals surface area contributed by atoms with Crippen molar-refractivity contribution < 1.29 is 28.0 Å². The average molecular weight is 246 g/mol. The maximum Gasteiger partial charge on any atom is 0.527 e. The van der Waals surface area contributed by atoms with Gasteiger partial charge in [-0.05, 0) is 12.1 Å². The lowest BCUT2D eigenvalue weighted by Gasteiger charge is -2.12. The smallest absolute Gasteiger partial charge is 0.465 e. The Morgan fingerprint density at radius 3 is 2.50 bits per heavy atom. The third-order valence-corrected chi connectivity index (χ3v) is 2.63. The fraction of sp³-hybridized carbons (Fsp3) is 0.222. The van der Waals surface area contributed by atoms with E-state index >= 15 is 0 Å². The predicted octanol–water partition coefficient (Wildman–Crippen LogP) is 1.60. The monoisotopic (exact) mass is 246 g/mol. The van der Waals surface area contributed by atoms with Crippen LogP contribution in [-0.4, -0.2) is 25.1 Å². The number of hydrogen-bond donors (Lipinski definition) is 1. The second-order valence-electron chi connectivity index (χ2n) is 2.73. The van der Waals surface area contributed by atoms with Gasteiger partial charge in [-0.3, -0.25) is 9.42 Å². The Hall–Kier alpha value is -1.36. The van der Waals surface area contributed by atoms with E-state index in [-0.39, 0.29) is 11.3 Å².